The Labute approximate surface area is 86.3 Å². The SMILES string of the molecule is Nc1cc(N2CCNC(C(=O)O)C2)n[nH]1. The second-order valence-corrected chi connectivity index (χ2v) is 3.47. The Hall–Kier alpha value is -1.76. The van der Waals surface area contributed by atoms with Crippen LogP contribution in [0.1, 0.15) is 0 Å². The van der Waals surface area contributed by atoms with Crippen LogP contribution in [0, 0.1) is 0 Å². The van der Waals surface area contributed by atoms with Gasteiger partial charge in [0.15, 0.2) is 5.82 Å². The fourth-order valence-electron chi connectivity index (χ4n) is 1.61. The van der Waals surface area contributed by atoms with E-state index in [0.29, 0.717) is 24.7 Å². The first-order valence-electron chi connectivity index (χ1n) is 4.69. The average molecular weight is 211 g/mol. The molecule has 5 N–H and O–H groups in total. The molecule has 1 aliphatic rings. The predicted molar refractivity (Wildman–Crippen MR) is 54.6 cm³/mol. The van der Waals surface area contributed by atoms with Crippen molar-refractivity contribution in [2.24, 2.45) is 0 Å². The zero-order valence-corrected chi connectivity index (χ0v) is 8.10. The average Bonchev–Trinajstić information content (AvgIpc) is 2.65. The van der Waals surface area contributed by atoms with E-state index in [2.05, 4.69) is 15.5 Å². The van der Waals surface area contributed by atoms with Crippen LogP contribution in [0.2, 0.25) is 0 Å². The molecule has 0 aliphatic carbocycles. The number of nitrogen functional groups attached to an aromatic ring is 1. The van der Waals surface area contributed by atoms with Gasteiger partial charge in [-0.3, -0.25) is 9.89 Å². The van der Waals surface area contributed by atoms with E-state index in [4.69, 9.17) is 10.8 Å². The van der Waals surface area contributed by atoms with Gasteiger partial charge < -0.3 is 21.1 Å². The molecule has 0 aromatic carbocycles. The van der Waals surface area contributed by atoms with Crippen molar-refractivity contribution in [3.05, 3.63) is 6.07 Å². The first-order chi connectivity index (χ1) is 7.16. The molecule has 1 aromatic rings. The summed E-state index contributed by atoms with van der Waals surface area (Å²) in [5.41, 5.74) is 5.50. The van der Waals surface area contributed by atoms with Gasteiger partial charge in [-0.25, -0.2) is 0 Å². The van der Waals surface area contributed by atoms with Crippen LogP contribution in [-0.4, -0.2) is 46.9 Å². The van der Waals surface area contributed by atoms with Crippen LogP contribution in [0.25, 0.3) is 0 Å². The van der Waals surface area contributed by atoms with E-state index < -0.39 is 12.0 Å². The van der Waals surface area contributed by atoms with Gasteiger partial charge in [-0.15, -0.1) is 0 Å². The highest BCUT2D eigenvalue weighted by atomic mass is 16.4. The molecule has 0 radical (unpaired) electrons. The first-order valence-corrected chi connectivity index (χ1v) is 4.69. The lowest BCUT2D eigenvalue weighted by Gasteiger charge is -2.31. The summed E-state index contributed by atoms with van der Waals surface area (Å²) in [6.45, 7) is 1.76. The highest BCUT2D eigenvalue weighted by molar-refractivity contribution is 5.74. The Bertz CT molecular complexity index is 364. The van der Waals surface area contributed by atoms with Gasteiger partial charge in [-0.2, -0.15) is 5.10 Å². The maximum absolute atomic E-state index is 10.8. The van der Waals surface area contributed by atoms with Gasteiger partial charge >= 0.3 is 5.97 Å². The first kappa shape index (κ1) is 9.78. The molecule has 2 rings (SSSR count). The second kappa shape index (κ2) is 3.77. The molecule has 1 unspecified atom stereocenters. The van der Waals surface area contributed by atoms with E-state index in [1.54, 1.807) is 6.07 Å². The number of H-pyrrole nitrogens is 1. The number of aromatic amines is 1. The number of aliphatic carboxylic acids is 1. The van der Waals surface area contributed by atoms with E-state index in [0.717, 1.165) is 6.54 Å². The van der Waals surface area contributed by atoms with Crippen molar-refractivity contribution in [2.75, 3.05) is 30.3 Å². The number of aromatic nitrogens is 2. The molecule has 0 spiro atoms. The Morgan fingerprint density at radius 3 is 3.13 bits per heavy atom. The summed E-state index contributed by atoms with van der Waals surface area (Å²) >= 11 is 0. The van der Waals surface area contributed by atoms with Crippen molar-refractivity contribution < 1.29 is 9.90 Å². The molecule has 1 fully saturated rings. The fourth-order valence-corrected chi connectivity index (χ4v) is 1.61. The van der Waals surface area contributed by atoms with Crippen LogP contribution in [0.15, 0.2) is 6.07 Å². The molecule has 82 valence electrons. The molecule has 1 aliphatic heterocycles. The third kappa shape index (κ3) is 2.01. The quantitative estimate of drug-likeness (QED) is 0.492. The Balaban J connectivity index is 2.07. The molecule has 1 atom stereocenters. The summed E-state index contributed by atoms with van der Waals surface area (Å²) in [6.07, 6.45) is 0. The van der Waals surface area contributed by atoms with E-state index in [9.17, 15) is 4.79 Å². The Kier molecular flexibility index (Phi) is 2.46. The maximum Gasteiger partial charge on any atom is 0.322 e. The predicted octanol–water partition coefficient (Wildman–Crippen LogP) is -1.15. The molecular weight excluding hydrogens is 198 g/mol. The van der Waals surface area contributed by atoms with Gasteiger partial charge in [-0.05, 0) is 0 Å². The number of rotatable bonds is 2. The topological polar surface area (TPSA) is 107 Å². The zero-order valence-electron chi connectivity index (χ0n) is 8.10. The molecule has 2 heterocycles. The minimum absolute atomic E-state index is 0.402. The van der Waals surface area contributed by atoms with E-state index >= 15 is 0 Å². The molecule has 1 aromatic heterocycles. The van der Waals surface area contributed by atoms with Crippen LogP contribution in [-0.2, 0) is 4.79 Å². The zero-order chi connectivity index (χ0) is 10.8. The highest BCUT2D eigenvalue weighted by Gasteiger charge is 2.25. The van der Waals surface area contributed by atoms with Crippen molar-refractivity contribution in [2.45, 2.75) is 6.04 Å². The summed E-state index contributed by atoms with van der Waals surface area (Å²) < 4.78 is 0. The summed E-state index contributed by atoms with van der Waals surface area (Å²) in [4.78, 5) is 12.7. The summed E-state index contributed by atoms with van der Waals surface area (Å²) in [7, 11) is 0. The monoisotopic (exact) mass is 211 g/mol. The number of nitrogens with two attached hydrogens (primary N) is 1. The second-order valence-electron chi connectivity index (χ2n) is 3.47. The molecule has 7 heteroatoms. The van der Waals surface area contributed by atoms with Gasteiger partial charge in [0.05, 0.1) is 0 Å². The van der Waals surface area contributed by atoms with E-state index in [-0.39, 0.29) is 0 Å². The van der Waals surface area contributed by atoms with E-state index in [1.165, 1.54) is 0 Å². The highest BCUT2D eigenvalue weighted by Crippen LogP contribution is 2.14. The Morgan fingerprint density at radius 1 is 1.73 bits per heavy atom. The smallest absolute Gasteiger partial charge is 0.322 e. The number of nitrogens with one attached hydrogen (secondary N) is 2. The third-order valence-corrected chi connectivity index (χ3v) is 2.38. The molecule has 15 heavy (non-hydrogen) atoms. The van der Waals surface area contributed by atoms with Gasteiger partial charge in [0.25, 0.3) is 0 Å². The van der Waals surface area contributed by atoms with E-state index in [1.807, 2.05) is 4.90 Å². The lowest BCUT2D eigenvalue weighted by atomic mass is 10.2. The maximum atomic E-state index is 10.8. The summed E-state index contributed by atoms with van der Waals surface area (Å²) in [5.74, 6) is 0.332. The molecule has 0 saturated carbocycles. The van der Waals surface area contributed by atoms with Crippen molar-refractivity contribution in [3.63, 3.8) is 0 Å². The molecule has 7 nitrogen and oxygen atoms in total. The lowest BCUT2D eigenvalue weighted by Crippen LogP contribution is -2.54. The van der Waals surface area contributed by atoms with Crippen LogP contribution >= 0.6 is 0 Å². The minimum atomic E-state index is -0.844. The fraction of sp³-hybridized carbons (Fsp3) is 0.500. The number of carboxylic acid groups (broad SMARTS) is 1. The largest absolute Gasteiger partial charge is 0.480 e. The lowest BCUT2D eigenvalue weighted by molar-refractivity contribution is -0.139. The van der Waals surface area contributed by atoms with Crippen LogP contribution in [0.5, 0.6) is 0 Å². The number of piperazine rings is 1. The third-order valence-electron chi connectivity index (χ3n) is 2.38. The number of anilines is 2. The molecule has 0 bridgehead atoms. The standard InChI is InChI=1S/C8H13N5O2/c9-6-3-7(12-11-6)13-2-1-10-5(4-13)8(14)15/h3,5,10H,1-2,4H2,(H,14,15)(H3,9,11,12). The summed E-state index contributed by atoms with van der Waals surface area (Å²) in [5, 5.41) is 18.4. The molecule has 0 amide bonds. The normalized spacial score (nSPS) is 21.6. The molecular formula is C8H13N5O2. The van der Waals surface area contributed by atoms with Gasteiger partial charge in [-0.1, -0.05) is 0 Å². The van der Waals surface area contributed by atoms with Crippen LogP contribution in [0.4, 0.5) is 11.6 Å². The van der Waals surface area contributed by atoms with Crippen LogP contribution in [0.3, 0.4) is 0 Å². The van der Waals surface area contributed by atoms with Crippen molar-refractivity contribution in [1.82, 2.24) is 15.5 Å². The summed E-state index contributed by atoms with van der Waals surface area (Å²) in [6, 6.07) is 1.15. The number of hydrogen-bond donors (Lipinski definition) is 4. The number of carbonyl (C=O) groups is 1. The minimum Gasteiger partial charge on any atom is -0.480 e. The number of nitrogens with zero attached hydrogens (tertiary/aromatic N) is 2. The van der Waals surface area contributed by atoms with Crippen molar-refractivity contribution in [1.29, 1.82) is 0 Å². The van der Waals surface area contributed by atoms with Crippen molar-refractivity contribution in [3.8, 4) is 0 Å². The van der Waals surface area contributed by atoms with Crippen LogP contribution < -0.4 is 16.0 Å². The number of hydrogen-bond acceptors (Lipinski definition) is 5. The molecule has 1 saturated heterocycles. The van der Waals surface area contributed by atoms with Gasteiger partial charge in [0.2, 0.25) is 0 Å². The number of carboxylic acids is 1. The Morgan fingerprint density at radius 2 is 2.53 bits per heavy atom. The van der Waals surface area contributed by atoms with Crippen molar-refractivity contribution >= 4 is 17.6 Å². The van der Waals surface area contributed by atoms with Gasteiger partial charge in [0, 0.05) is 25.7 Å². The van der Waals surface area contributed by atoms with Gasteiger partial charge in [0.1, 0.15) is 11.9 Å².